The number of ether oxygens (including phenoxy) is 1. The van der Waals surface area contributed by atoms with Crippen molar-refractivity contribution in [3.8, 4) is 5.75 Å². The van der Waals surface area contributed by atoms with E-state index in [4.69, 9.17) is 14.9 Å². The third kappa shape index (κ3) is 2.50. The van der Waals surface area contributed by atoms with Gasteiger partial charge in [-0.05, 0) is 30.1 Å². The topological polar surface area (TPSA) is 48.4 Å². The van der Waals surface area contributed by atoms with Crippen LogP contribution >= 0.6 is 11.3 Å². The average Bonchev–Trinajstić information content (AvgIpc) is 3.10. The molecule has 0 spiro atoms. The molecule has 0 bridgehead atoms. The van der Waals surface area contributed by atoms with Crippen molar-refractivity contribution in [3.05, 3.63) is 52.9 Å². The highest BCUT2D eigenvalue weighted by molar-refractivity contribution is 7.10. The van der Waals surface area contributed by atoms with E-state index in [-0.39, 0.29) is 6.10 Å². The molecule has 4 heteroatoms. The third-order valence-corrected chi connectivity index (χ3v) is 3.97. The molecule has 3 aromatic rings. The first-order valence-corrected chi connectivity index (χ1v) is 7.13. The predicted molar refractivity (Wildman–Crippen MR) is 77.6 cm³/mol. The van der Waals surface area contributed by atoms with Crippen LogP contribution in [0.2, 0.25) is 0 Å². The van der Waals surface area contributed by atoms with Gasteiger partial charge < -0.3 is 14.9 Å². The van der Waals surface area contributed by atoms with Crippen molar-refractivity contribution < 1.29 is 9.15 Å². The molecule has 2 aromatic heterocycles. The molecule has 0 saturated heterocycles. The van der Waals surface area contributed by atoms with E-state index in [1.54, 1.807) is 17.6 Å². The molecule has 0 amide bonds. The summed E-state index contributed by atoms with van der Waals surface area (Å²) < 4.78 is 11.6. The van der Waals surface area contributed by atoms with Gasteiger partial charge in [0.15, 0.2) is 11.3 Å². The summed E-state index contributed by atoms with van der Waals surface area (Å²) in [5.41, 5.74) is 6.48. The quantitative estimate of drug-likeness (QED) is 0.765. The number of hydrogen-bond acceptors (Lipinski definition) is 4. The monoisotopic (exact) mass is 273 g/mol. The van der Waals surface area contributed by atoms with Crippen LogP contribution in [0.1, 0.15) is 17.4 Å². The number of hydrogen-bond donors (Lipinski definition) is 1. The summed E-state index contributed by atoms with van der Waals surface area (Å²) in [7, 11) is 0. The van der Waals surface area contributed by atoms with Crippen LogP contribution in [0.15, 0.2) is 52.5 Å². The van der Waals surface area contributed by atoms with Crippen LogP contribution < -0.4 is 10.5 Å². The summed E-state index contributed by atoms with van der Waals surface area (Å²) in [6, 6.07) is 12.0. The minimum Gasteiger partial charge on any atom is -0.481 e. The van der Waals surface area contributed by atoms with Crippen molar-refractivity contribution >= 4 is 22.3 Å². The minimum absolute atomic E-state index is 0.0132. The van der Waals surface area contributed by atoms with E-state index >= 15 is 0 Å². The van der Waals surface area contributed by atoms with Crippen molar-refractivity contribution in [2.75, 3.05) is 6.54 Å². The zero-order valence-corrected chi connectivity index (χ0v) is 11.2. The maximum atomic E-state index is 6.11. The molecular formula is C15H15NO2S. The number of nitrogens with two attached hydrogens (primary N) is 1. The second kappa shape index (κ2) is 5.47. The minimum atomic E-state index is -0.0132. The number of para-hydroxylation sites is 1. The molecule has 0 aliphatic heterocycles. The number of rotatable bonds is 5. The summed E-state index contributed by atoms with van der Waals surface area (Å²) in [5, 5.41) is 3.10. The Balaban J connectivity index is 1.91. The molecule has 0 radical (unpaired) electrons. The normalized spacial score (nSPS) is 12.7. The fraction of sp³-hybridized carbons (Fsp3) is 0.200. The zero-order valence-electron chi connectivity index (χ0n) is 10.4. The fourth-order valence-electron chi connectivity index (χ4n) is 2.10. The Morgan fingerprint density at radius 3 is 2.95 bits per heavy atom. The van der Waals surface area contributed by atoms with E-state index < -0.39 is 0 Å². The van der Waals surface area contributed by atoms with E-state index in [1.165, 1.54) is 4.88 Å². The molecule has 0 saturated carbocycles. The Morgan fingerprint density at radius 2 is 2.16 bits per heavy atom. The molecule has 1 aromatic carbocycles. The molecule has 19 heavy (non-hydrogen) atoms. The van der Waals surface area contributed by atoms with E-state index in [1.807, 2.05) is 30.3 Å². The highest BCUT2D eigenvalue weighted by Crippen LogP contribution is 2.32. The Bertz CT molecular complexity index is 645. The van der Waals surface area contributed by atoms with E-state index in [0.717, 1.165) is 23.1 Å². The summed E-state index contributed by atoms with van der Waals surface area (Å²) >= 11 is 1.69. The maximum Gasteiger partial charge on any atom is 0.175 e. The van der Waals surface area contributed by atoms with Gasteiger partial charge in [0.05, 0.1) is 6.26 Å². The Labute approximate surface area is 115 Å². The lowest BCUT2D eigenvalue weighted by Gasteiger charge is -2.17. The number of furan rings is 1. The summed E-state index contributed by atoms with van der Waals surface area (Å²) in [5.74, 6) is 0.773. The summed E-state index contributed by atoms with van der Waals surface area (Å²) in [6.07, 6.45) is 2.46. The van der Waals surface area contributed by atoms with Gasteiger partial charge in [-0.3, -0.25) is 0 Å². The molecule has 1 atom stereocenters. The second-order valence-electron chi connectivity index (χ2n) is 4.29. The lowest BCUT2D eigenvalue weighted by molar-refractivity contribution is 0.202. The van der Waals surface area contributed by atoms with Gasteiger partial charge in [-0.25, -0.2) is 0 Å². The predicted octanol–water partition coefficient (Wildman–Crippen LogP) is 3.96. The van der Waals surface area contributed by atoms with E-state index in [2.05, 4.69) is 11.4 Å². The molecule has 0 fully saturated rings. The molecule has 2 heterocycles. The number of fused-ring (bicyclic) bond motifs is 1. The Kier molecular flexibility index (Phi) is 3.53. The average molecular weight is 273 g/mol. The molecule has 3 nitrogen and oxygen atoms in total. The van der Waals surface area contributed by atoms with Gasteiger partial charge in [-0.2, -0.15) is 0 Å². The largest absolute Gasteiger partial charge is 0.481 e. The standard InChI is InChI=1S/C15H15NO2S/c16-8-6-12(14-5-2-10-19-14)18-13-4-1-3-11-7-9-17-15(11)13/h1-5,7,9-10,12H,6,8,16H2/t12-/m1/s1. The molecule has 0 aliphatic carbocycles. The number of thiophene rings is 1. The molecule has 0 unspecified atom stereocenters. The maximum absolute atomic E-state index is 6.11. The van der Waals surface area contributed by atoms with Crippen molar-refractivity contribution in [3.63, 3.8) is 0 Å². The van der Waals surface area contributed by atoms with Gasteiger partial charge in [0.25, 0.3) is 0 Å². The highest BCUT2D eigenvalue weighted by atomic mass is 32.1. The highest BCUT2D eigenvalue weighted by Gasteiger charge is 2.16. The van der Waals surface area contributed by atoms with E-state index in [9.17, 15) is 0 Å². The van der Waals surface area contributed by atoms with Crippen LogP contribution in [0.5, 0.6) is 5.75 Å². The molecule has 98 valence electrons. The molecular weight excluding hydrogens is 258 g/mol. The van der Waals surface area contributed by atoms with Crippen LogP contribution in [-0.4, -0.2) is 6.54 Å². The fourth-order valence-corrected chi connectivity index (χ4v) is 2.89. The van der Waals surface area contributed by atoms with Crippen molar-refractivity contribution in [1.82, 2.24) is 0 Å². The Morgan fingerprint density at radius 1 is 1.21 bits per heavy atom. The van der Waals surface area contributed by atoms with Gasteiger partial charge in [0, 0.05) is 16.7 Å². The van der Waals surface area contributed by atoms with Crippen LogP contribution in [0.3, 0.4) is 0 Å². The Hall–Kier alpha value is -1.78. The SMILES string of the molecule is NCC[C@@H](Oc1cccc2ccoc12)c1cccs1. The van der Waals surface area contributed by atoms with Gasteiger partial charge in [-0.1, -0.05) is 18.2 Å². The van der Waals surface area contributed by atoms with Crippen LogP contribution in [-0.2, 0) is 0 Å². The first-order valence-electron chi connectivity index (χ1n) is 6.25. The van der Waals surface area contributed by atoms with Crippen molar-refractivity contribution in [2.24, 2.45) is 5.73 Å². The number of benzene rings is 1. The summed E-state index contributed by atoms with van der Waals surface area (Å²) in [6.45, 7) is 0.594. The molecule has 2 N–H and O–H groups in total. The second-order valence-corrected chi connectivity index (χ2v) is 5.27. The van der Waals surface area contributed by atoms with Gasteiger partial charge in [-0.15, -0.1) is 11.3 Å². The van der Waals surface area contributed by atoms with Crippen LogP contribution in [0.4, 0.5) is 0 Å². The van der Waals surface area contributed by atoms with E-state index in [0.29, 0.717) is 6.54 Å². The zero-order chi connectivity index (χ0) is 13.1. The van der Waals surface area contributed by atoms with Crippen molar-refractivity contribution in [1.29, 1.82) is 0 Å². The van der Waals surface area contributed by atoms with Crippen LogP contribution in [0.25, 0.3) is 11.0 Å². The van der Waals surface area contributed by atoms with Gasteiger partial charge >= 0.3 is 0 Å². The van der Waals surface area contributed by atoms with Crippen LogP contribution in [0, 0.1) is 0 Å². The smallest absolute Gasteiger partial charge is 0.175 e. The lowest BCUT2D eigenvalue weighted by atomic mass is 10.2. The van der Waals surface area contributed by atoms with Gasteiger partial charge in [0.2, 0.25) is 0 Å². The van der Waals surface area contributed by atoms with Crippen molar-refractivity contribution in [2.45, 2.75) is 12.5 Å². The first kappa shape index (κ1) is 12.3. The first-order chi connectivity index (χ1) is 9.38. The molecule has 0 aliphatic rings. The van der Waals surface area contributed by atoms with Gasteiger partial charge in [0.1, 0.15) is 6.10 Å². The third-order valence-electron chi connectivity index (χ3n) is 3.00. The lowest BCUT2D eigenvalue weighted by Crippen LogP contribution is -2.12. The summed E-state index contributed by atoms with van der Waals surface area (Å²) in [4.78, 5) is 1.19. The molecule has 3 rings (SSSR count).